The van der Waals surface area contributed by atoms with E-state index in [1.54, 1.807) is 19.2 Å². The minimum Gasteiger partial charge on any atom is -0.497 e. The van der Waals surface area contributed by atoms with Gasteiger partial charge < -0.3 is 15.2 Å². The number of rotatable bonds is 6. The van der Waals surface area contributed by atoms with Crippen LogP contribution in [0.2, 0.25) is 0 Å². The molecule has 0 unspecified atom stereocenters. The average molecular weight is 288 g/mol. The SMILES string of the molecule is COc1ccc(COc2ccc(CN)cc2[N+](=O)[O-])cc1. The predicted octanol–water partition coefficient (Wildman–Crippen LogP) is 2.64. The molecule has 0 saturated carbocycles. The Balaban J connectivity index is 2.13. The number of ether oxygens (including phenoxy) is 2. The van der Waals surface area contributed by atoms with Crippen LogP contribution in [0, 0.1) is 10.1 Å². The normalized spacial score (nSPS) is 10.2. The molecule has 0 aliphatic heterocycles. The zero-order valence-electron chi connectivity index (χ0n) is 11.6. The smallest absolute Gasteiger partial charge is 0.311 e. The topological polar surface area (TPSA) is 87.6 Å². The van der Waals surface area contributed by atoms with E-state index in [1.165, 1.54) is 6.07 Å². The predicted molar refractivity (Wildman–Crippen MR) is 78.3 cm³/mol. The molecule has 0 heterocycles. The first-order valence-corrected chi connectivity index (χ1v) is 6.37. The summed E-state index contributed by atoms with van der Waals surface area (Å²) in [6.07, 6.45) is 0. The first kappa shape index (κ1) is 14.8. The fraction of sp³-hybridized carbons (Fsp3) is 0.200. The van der Waals surface area contributed by atoms with Crippen molar-refractivity contribution in [3.8, 4) is 11.5 Å². The fourth-order valence-corrected chi connectivity index (χ4v) is 1.84. The highest BCUT2D eigenvalue weighted by Gasteiger charge is 2.15. The number of hydrogen-bond donors (Lipinski definition) is 1. The van der Waals surface area contributed by atoms with Crippen molar-refractivity contribution in [1.82, 2.24) is 0 Å². The number of hydrogen-bond acceptors (Lipinski definition) is 5. The molecule has 21 heavy (non-hydrogen) atoms. The highest BCUT2D eigenvalue weighted by Crippen LogP contribution is 2.28. The van der Waals surface area contributed by atoms with Crippen LogP contribution < -0.4 is 15.2 Å². The lowest BCUT2D eigenvalue weighted by atomic mass is 10.2. The standard InChI is InChI=1S/C15H16N2O4/c1-20-13-5-2-11(3-6-13)10-21-15-7-4-12(9-16)8-14(15)17(18)19/h2-8H,9-10,16H2,1H3. The molecule has 2 aromatic carbocycles. The summed E-state index contributed by atoms with van der Waals surface area (Å²) in [4.78, 5) is 10.6. The Bertz CT molecular complexity index is 626. The number of nitrogens with two attached hydrogens (primary N) is 1. The Kier molecular flexibility index (Phi) is 4.73. The molecule has 0 fully saturated rings. The Labute approximate surface area is 122 Å². The van der Waals surface area contributed by atoms with E-state index < -0.39 is 4.92 Å². The molecule has 0 amide bonds. The highest BCUT2D eigenvalue weighted by molar-refractivity contribution is 5.48. The zero-order chi connectivity index (χ0) is 15.2. The molecule has 0 bridgehead atoms. The summed E-state index contributed by atoms with van der Waals surface area (Å²) >= 11 is 0. The number of nitrogens with zero attached hydrogens (tertiary/aromatic N) is 1. The molecule has 0 atom stereocenters. The van der Waals surface area contributed by atoms with Crippen LogP contribution in [-0.2, 0) is 13.2 Å². The van der Waals surface area contributed by atoms with Crippen LogP contribution >= 0.6 is 0 Å². The molecule has 110 valence electrons. The van der Waals surface area contributed by atoms with Crippen molar-refractivity contribution >= 4 is 5.69 Å². The van der Waals surface area contributed by atoms with Gasteiger partial charge in [0.25, 0.3) is 0 Å². The van der Waals surface area contributed by atoms with Crippen LogP contribution in [0.15, 0.2) is 42.5 Å². The maximum Gasteiger partial charge on any atom is 0.311 e. The maximum atomic E-state index is 11.1. The van der Waals surface area contributed by atoms with Crippen LogP contribution in [0.3, 0.4) is 0 Å². The van der Waals surface area contributed by atoms with Crippen LogP contribution in [0.4, 0.5) is 5.69 Å². The number of benzene rings is 2. The van der Waals surface area contributed by atoms with Crippen LogP contribution in [0.5, 0.6) is 11.5 Å². The van der Waals surface area contributed by atoms with Gasteiger partial charge in [0.05, 0.1) is 12.0 Å². The largest absolute Gasteiger partial charge is 0.497 e. The third-order valence-corrected chi connectivity index (χ3v) is 3.01. The van der Waals surface area contributed by atoms with Gasteiger partial charge in [-0.2, -0.15) is 0 Å². The van der Waals surface area contributed by atoms with E-state index in [-0.39, 0.29) is 24.6 Å². The van der Waals surface area contributed by atoms with E-state index in [0.717, 1.165) is 11.3 Å². The minimum absolute atomic E-state index is 0.0774. The second-order valence-corrected chi connectivity index (χ2v) is 4.40. The molecule has 0 aliphatic carbocycles. The molecule has 2 aromatic rings. The van der Waals surface area contributed by atoms with Gasteiger partial charge in [0.1, 0.15) is 12.4 Å². The number of methoxy groups -OCH3 is 1. The van der Waals surface area contributed by atoms with Crippen molar-refractivity contribution in [2.75, 3.05) is 7.11 Å². The maximum absolute atomic E-state index is 11.1. The van der Waals surface area contributed by atoms with E-state index >= 15 is 0 Å². The van der Waals surface area contributed by atoms with Crippen molar-refractivity contribution in [2.45, 2.75) is 13.2 Å². The number of nitro groups is 1. The fourth-order valence-electron chi connectivity index (χ4n) is 1.84. The molecule has 0 radical (unpaired) electrons. The van der Waals surface area contributed by atoms with Crippen LogP contribution in [0.1, 0.15) is 11.1 Å². The van der Waals surface area contributed by atoms with E-state index in [1.807, 2.05) is 24.3 Å². The quantitative estimate of drug-likeness (QED) is 0.652. The molecule has 0 spiro atoms. The molecular weight excluding hydrogens is 272 g/mol. The molecule has 2 rings (SSSR count). The lowest BCUT2D eigenvalue weighted by Crippen LogP contribution is -2.02. The molecule has 6 heteroatoms. The van der Waals surface area contributed by atoms with Crippen molar-refractivity contribution < 1.29 is 14.4 Å². The first-order chi connectivity index (χ1) is 10.1. The van der Waals surface area contributed by atoms with Gasteiger partial charge in [0, 0.05) is 12.6 Å². The van der Waals surface area contributed by atoms with Gasteiger partial charge in [0.15, 0.2) is 5.75 Å². The summed E-state index contributed by atoms with van der Waals surface area (Å²) in [6.45, 7) is 0.492. The van der Waals surface area contributed by atoms with Crippen molar-refractivity contribution in [2.24, 2.45) is 5.73 Å². The summed E-state index contributed by atoms with van der Waals surface area (Å²) in [5.41, 5.74) is 7.00. The van der Waals surface area contributed by atoms with Crippen molar-refractivity contribution in [3.05, 3.63) is 63.7 Å². The van der Waals surface area contributed by atoms with E-state index in [9.17, 15) is 10.1 Å². The molecule has 0 aromatic heterocycles. The van der Waals surface area contributed by atoms with Gasteiger partial charge in [-0.3, -0.25) is 10.1 Å². The average Bonchev–Trinajstić information content (AvgIpc) is 2.53. The Morgan fingerprint density at radius 3 is 2.38 bits per heavy atom. The molecule has 2 N–H and O–H groups in total. The van der Waals surface area contributed by atoms with Gasteiger partial charge in [-0.25, -0.2) is 0 Å². The summed E-state index contributed by atoms with van der Waals surface area (Å²) < 4.78 is 10.6. The lowest BCUT2D eigenvalue weighted by Gasteiger charge is -2.08. The first-order valence-electron chi connectivity index (χ1n) is 6.37. The van der Waals surface area contributed by atoms with Gasteiger partial charge in [-0.1, -0.05) is 18.2 Å². The van der Waals surface area contributed by atoms with Gasteiger partial charge in [-0.05, 0) is 29.3 Å². The second-order valence-electron chi connectivity index (χ2n) is 4.40. The summed E-state index contributed by atoms with van der Waals surface area (Å²) in [7, 11) is 1.59. The Morgan fingerprint density at radius 2 is 1.81 bits per heavy atom. The Morgan fingerprint density at radius 1 is 1.14 bits per heavy atom. The van der Waals surface area contributed by atoms with Crippen LogP contribution in [-0.4, -0.2) is 12.0 Å². The monoisotopic (exact) mass is 288 g/mol. The second kappa shape index (κ2) is 6.71. The van der Waals surface area contributed by atoms with Crippen LogP contribution in [0.25, 0.3) is 0 Å². The van der Waals surface area contributed by atoms with E-state index in [2.05, 4.69) is 0 Å². The Hall–Kier alpha value is -2.60. The summed E-state index contributed by atoms with van der Waals surface area (Å²) in [5, 5.41) is 11.1. The van der Waals surface area contributed by atoms with Gasteiger partial charge in [-0.15, -0.1) is 0 Å². The molecule has 0 aliphatic rings. The molecular formula is C15H16N2O4. The van der Waals surface area contributed by atoms with E-state index in [4.69, 9.17) is 15.2 Å². The third-order valence-electron chi connectivity index (χ3n) is 3.01. The zero-order valence-corrected chi connectivity index (χ0v) is 11.6. The van der Waals surface area contributed by atoms with Gasteiger partial charge >= 0.3 is 5.69 Å². The summed E-state index contributed by atoms with van der Waals surface area (Å²) in [6, 6.07) is 12.0. The van der Waals surface area contributed by atoms with Crippen molar-refractivity contribution in [3.63, 3.8) is 0 Å². The molecule has 6 nitrogen and oxygen atoms in total. The minimum atomic E-state index is -0.470. The molecule has 0 saturated heterocycles. The highest BCUT2D eigenvalue weighted by atomic mass is 16.6. The summed E-state index contributed by atoms with van der Waals surface area (Å²) in [5.74, 6) is 0.977. The lowest BCUT2D eigenvalue weighted by molar-refractivity contribution is -0.386. The number of nitro benzene ring substituents is 1. The third kappa shape index (κ3) is 3.70. The van der Waals surface area contributed by atoms with E-state index in [0.29, 0.717) is 5.56 Å². The van der Waals surface area contributed by atoms with Gasteiger partial charge in [0.2, 0.25) is 0 Å². The van der Waals surface area contributed by atoms with Crippen molar-refractivity contribution in [1.29, 1.82) is 0 Å².